The molecular weight excluding hydrogens is 140 g/mol. The maximum absolute atomic E-state index is 5.29. The first kappa shape index (κ1) is 10.3. The average molecular weight is 158 g/mol. The minimum absolute atomic E-state index is 1.13. The van der Waals surface area contributed by atoms with Crippen molar-refractivity contribution in [2.75, 3.05) is 5.75 Å². The molecule has 0 saturated carbocycles. The van der Waals surface area contributed by atoms with E-state index in [1.807, 2.05) is 0 Å². The Morgan fingerprint density at radius 1 is 1.00 bits per heavy atom. The molecule has 0 N–H and O–H groups in total. The lowest BCUT2D eigenvalue weighted by Crippen LogP contribution is -1.80. The fraction of sp³-hybridized carbons (Fsp3) is 0.889. The van der Waals surface area contributed by atoms with Crippen LogP contribution >= 0.6 is 11.8 Å². The second-order valence-electron chi connectivity index (χ2n) is 2.64. The van der Waals surface area contributed by atoms with Crippen LogP contribution in [0.4, 0.5) is 0 Å². The van der Waals surface area contributed by atoms with E-state index in [9.17, 15) is 0 Å². The summed E-state index contributed by atoms with van der Waals surface area (Å²) in [5.41, 5.74) is 0. The van der Waals surface area contributed by atoms with Crippen molar-refractivity contribution < 1.29 is 0 Å². The standard InChI is InChI=1S/C9H18S/c1-3-4-5-6-7-8-9-10-2/h2H,3-9H2,1H3. The molecule has 0 aliphatic rings. The van der Waals surface area contributed by atoms with Gasteiger partial charge < -0.3 is 0 Å². The topological polar surface area (TPSA) is 0 Å². The number of hydrogen-bond acceptors (Lipinski definition) is 1. The predicted octanol–water partition coefficient (Wildman–Crippen LogP) is 3.75. The molecule has 60 valence electrons. The molecule has 0 bridgehead atoms. The molecule has 0 heterocycles. The van der Waals surface area contributed by atoms with Gasteiger partial charge in [-0.2, -0.15) is 11.8 Å². The predicted molar refractivity (Wildman–Crippen MR) is 50.1 cm³/mol. The molecule has 0 saturated heterocycles. The van der Waals surface area contributed by atoms with E-state index < -0.39 is 0 Å². The largest absolute Gasteiger partial charge is 0.156 e. The summed E-state index contributed by atoms with van der Waals surface area (Å²) in [7, 11) is 0. The molecule has 0 amide bonds. The molecule has 0 spiro atoms. The van der Waals surface area contributed by atoms with Gasteiger partial charge in [-0.15, -0.1) is 0 Å². The summed E-state index contributed by atoms with van der Waals surface area (Å²) in [6, 6.07) is 0. The fourth-order valence-electron chi connectivity index (χ4n) is 0.966. The SMILES string of the molecule is [CH]SCCCCCCCC. The van der Waals surface area contributed by atoms with E-state index in [4.69, 9.17) is 6.26 Å². The molecule has 0 atom stereocenters. The van der Waals surface area contributed by atoms with Crippen LogP contribution in [0.5, 0.6) is 0 Å². The van der Waals surface area contributed by atoms with Gasteiger partial charge in [0.2, 0.25) is 0 Å². The van der Waals surface area contributed by atoms with Gasteiger partial charge >= 0.3 is 0 Å². The zero-order valence-electron chi connectivity index (χ0n) is 6.94. The van der Waals surface area contributed by atoms with Crippen molar-refractivity contribution in [3.05, 3.63) is 6.26 Å². The molecule has 0 nitrogen and oxygen atoms in total. The molecule has 0 aromatic carbocycles. The Hall–Kier alpha value is 0.350. The molecule has 10 heavy (non-hydrogen) atoms. The minimum atomic E-state index is 1.13. The third-order valence-electron chi connectivity index (χ3n) is 1.62. The van der Waals surface area contributed by atoms with E-state index in [0.29, 0.717) is 0 Å². The molecule has 0 aromatic rings. The van der Waals surface area contributed by atoms with Gasteiger partial charge in [-0.3, -0.25) is 0 Å². The quantitative estimate of drug-likeness (QED) is 0.508. The second kappa shape index (κ2) is 9.35. The summed E-state index contributed by atoms with van der Waals surface area (Å²) in [5.74, 6) is 1.13. The van der Waals surface area contributed by atoms with Crippen LogP contribution < -0.4 is 0 Å². The van der Waals surface area contributed by atoms with E-state index in [0.717, 1.165) is 5.75 Å². The van der Waals surface area contributed by atoms with Gasteiger partial charge in [-0.1, -0.05) is 39.0 Å². The monoisotopic (exact) mass is 158 g/mol. The van der Waals surface area contributed by atoms with Crippen molar-refractivity contribution in [3.8, 4) is 0 Å². The fourth-order valence-corrected chi connectivity index (χ4v) is 1.34. The zero-order valence-corrected chi connectivity index (χ0v) is 7.75. The normalized spacial score (nSPS) is 10.2. The summed E-state index contributed by atoms with van der Waals surface area (Å²) >= 11 is 1.47. The van der Waals surface area contributed by atoms with E-state index in [2.05, 4.69) is 6.92 Å². The minimum Gasteiger partial charge on any atom is -0.156 e. The molecule has 0 aromatic heterocycles. The molecule has 0 unspecified atom stereocenters. The van der Waals surface area contributed by atoms with E-state index in [1.54, 1.807) is 0 Å². The summed E-state index contributed by atoms with van der Waals surface area (Å²) in [6.45, 7) is 2.25. The van der Waals surface area contributed by atoms with Crippen LogP contribution in [-0.2, 0) is 0 Å². The summed E-state index contributed by atoms with van der Waals surface area (Å²) in [4.78, 5) is 0. The summed E-state index contributed by atoms with van der Waals surface area (Å²) < 4.78 is 0. The van der Waals surface area contributed by atoms with Gasteiger partial charge in [0, 0.05) is 6.26 Å². The summed E-state index contributed by atoms with van der Waals surface area (Å²) in [5, 5.41) is 0. The third-order valence-corrected chi connectivity index (χ3v) is 2.14. The Morgan fingerprint density at radius 2 is 1.60 bits per heavy atom. The van der Waals surface area contributed by atoms with Crippen molar-refractivity contribution in [2.45, 2.75) is 45.4 Å². The van der Waals surface area contributed by atoms with E-state index in [1.165, 1.54) is 50.3 Å². The van der Waals surface area contributed by atoms with Gasteiger partial charge in [0.05, 0.1) is 0 Å². The zero-order chi connectivity index (χ0) is 7.66. The highest BCUT2D eigenvalue weighted by atomic mass is 32.2. The van der Waals surface area contributed by atoms with Crippen LogP contribution in [0.1, 0.15) is 45.4 Å². The Morgan fingerprint density at radius 3 is 2.20 bits per heavy atom. The van der Waals surface area contributed by atoms with Crippen LogP contribution in [0.15, 0.2) is 0 Å². The second-order valence-corrected chi connectivity index (χ2v) is 3.38. The van der Waals surface area contributed by atoms with Crippen LogP contribution in [0.3, 0.4) is 0 Å². The first-order chi connectivity index (χ1) is 4.91. The maximum atomic E-state index is 5.29. The molecule has 2 radical (unpaired) electrons. The Kier molecular flexibility index (Phi) is 9.68. The van der Waals surface area contributed by atoms with Gasteiger partial charge in [0.15, 0.2) is 0 Å². The van der Waals surface area contributed by atoms with E-state index >= 15 is 0 Å². The summed E-state index contributed by atoms with van der Waals surface area (Å²) in [6.07, 6.45) is 13.5. The van der Waals surface area contributed by atoms with Crippen molar-refractivity contribution in [2.24, 2.45) is 0 Å². The lowest BCUT2D eigenvalue weighted by molar-refractivity contribution is 0.627. The molecule has 0 aliphatic heterocycles. The molecule has 0 aliphatic carbocycles. The van der Waals surface area contributed by atoms with Crippen molar-refractivity contribution in [1.29, 1.82) is 0 Å². The van der Waals surface area contributed by atoms with Gasteiger partial charge in [0.1, 0.15) is 0 Å². The molecule has 0 fully saturated rings. The first-order valence-corrected chi connectivity index (χ1v) is 5.28. The Bertz CT molecular complexity index is 44.7. The van der Waals surface area contributed by atoms with Crippen LogP contribution in [0, 0.1) is 6.26 Å². The van der Waals surface area contributed by atoms with Crippen LogP contribution in [0.25, 0.3) is 0 Å². The highest BCUT2D eigenvalue weighted by molar-refractivity contribution is 8.00. The lowest BCUT2D eigenvalue weighted by Gasteiger charge is -1.97. The number of hydrogen-bond donors (Lipinski definition) is 0. The van der Waals surface area contributed by atoms with Gasteiger partial charge in [-0.05, 0) is 12.2 Å². The highest BCUT2D eigenvalue weighted by Crippen LogP contribution is 2.07. The number of rotatable bonds is 7. The Balaban J connectivity index is 2.65. The number of unbranched alkanes of at least 4 members (excludes halogenated alkanes) is 5. The third kappa shape index (κ3) is 8.35. The smallest absolute Gasteiger partial charge is 0.0307 e. The average Bonchev–Trinajstić information content (AvgIpc) is 1.97. The maximum Gasteiger partial charge on any atom is 0.0307 e. The first-order valence-electron chi connectivity index (χ1n) is 4.23. The van der Waals surface area contributed by atoms with Crippen molar-refractivity contribution in [3.63, 3.8) is 0 Å². The van der Waals surface area contributed by atoms with Gasteiger partial charge in [-0.25, -0.2) is 0 Å². The van der Waals surface area contributed by atoms with Crippen LogP contribution in [0.2, 0.25) is 0 Å². The number of thioether (sulfide) groups is 1. The van der Waals surface area contributed by atoms with Crippen molar-refractivity contribution in [1.82, 2.24) is 0 Å². The van der Waals surface area contributed by atoms with Gasteiger partial charge in [0.25, 0.3) is 0 Å². The highest BCUT2D eigenvalue weighted by Gasteiger charge is 1.87. The molecular formula is C9H18S. The van der Waals surface area contributed by atoms with E-state index in [-0.39, 0.29) is 0 Å². The van der Waals surface area contributed by atoms with Crippen molar-refractivity contribution >= 4 is 11.8 Å². The van der Waals surface area contributed by atoms with Crippen LogP contribution in [-0.4, -0.2) is 5.75 Å². The lowest BCUT2D eigenvalue weighted by atomic mass is 10.1. The molecule has 0 rings (SSSR count). The Labute approximate surface area is 69.8 Å². The molecule has 1 heteroatoms.